The molecule has 1 N–H and O–H groups in total. The van der Waals surface area contributed by atoms with Crippen LogP contribution < -0.4 is 10.1 Å². The first-order valence-corrected chi connectivity index (χ1v) is 6.46. The Balaban J connectivity index is 2.66. The zero-order valence-electron chi connectivity index (χ0n) is 12.2. The summed E-state index contributed by atoms with van der Waals surface area (Å²) in [7, 11) is 3.65. The summed E-state index contributed by atoms with van der Waals surface area (Å²) >= 11 is 0. The molecule has 2 aromatic rings. The van der Waals surface area contributed by atoms with Gasteiger partial charge in [0, 0.05) is 17.3 Å². The Labute approximate surface area is 114 Å². The molecule has 0 amide bonds. The van der Waals surface area contributed by atoms with Crippen LogP contribution in [-0.4, -0.2) is 23.9 Å². The zero-order valence-corrected chi connectivity index (χ0v) is 12.2. The quantitative estimate of drug-likeness (QED) is 0.917. The summed E-state index contributed by atoms with van der Waals surface area (Å²) < 4.78 is 7.47. The van der Waals surface area contributed by atoms with Crippen molar-refractivity contribution in [2.75, 3.05) is 14.2 Å². The van der Waals surface area contributed by atoms with Crippen molar-refractivity contribution >= 4 is 0 Å². The summed E-state index contributed by atoms with van der Waals surface area (Å²) in [5.41, 5.74) is 4.32. The van der Waals surface area contributed by atoms with Gasteiger partial charge in [-0.3, -0.25) is 0 Å². The number of benzene rings is 1. The molecule has 0 radical (unpaired) electrons. The number of hydrogen-bond donors (Lipinski definition) is 1. The molecule has 0 saturated heterocycles. The van der Waals surface area contributed by atoms with E-state index >= 15 is 0 Å². The first-order chi connectivity index (χ1) is 9.08. The molecule has 4 nitrogen and oxygen atoms in total. The summed E-state index contributed by atoms with van der Waals surface area (Å²) in [5.74, 6) is 0.881. The lowest BCUT2D eigenvalue weighted by Crippen LogP contribution is -2.17. The molecule has 0 aliphatic carbocycles. The first kappa shape index (κ1) is 13.6. The summed E-state index contributed by atoms with van der Waals surface area (Å²) in [4.78, 5) is 0. The van der Waals surface area contributed by atoms with Crippen LogP contribution in [0, 0.1) is 13.8 Å². The molecule has 2 rings (SSSR count). The van der Waals surface area contributed by atoms with E-state index < -0.39 is 0 Å². The third-order valence-corrected chi connectivity index (χ3v) is 3.37. The SMILES string of the molecule is CNC(C)c1c(OC)cccc1-n1nc(C)cc1C. The maximum Gasteiger partial charge on any atom is 0.125 e. The van der Waals surface area contributed by atoms with Crippen LogP contribution in [0.2, 0.25) is 0 Å². The van der Waals surface area contributed by atoms with Crippen LogP contribution in [0.25, 0.3) is 5.69 Å². The Hall–Kier alpha value is -1.81. The number of methoxy groups -OCH3 is 1. The zero-order chi connectivity index (χ0) is 14.0. The second-order valence-corrected chi connectivity index (χ2v) is 4.74. The number of aryl methyl sites for hydroxylation is 2. The standard InChI is InChI=1S/C15H21N3O/c1-10-9-11(2)18(17-10)13-7-6-8-14(19-5)15(13)12(3)16-4/h6-9,12,16H,1-5H3. The largest absolute Gasteiger partial charge is 0.496 e. The highest BCUT2D eigenvalue weighted by atomic mass is 16.5. The van der Waals surface area contributed by atoms with Crippen molar-refractivity contribution in [3.05, 3.63) is 41.2 Å². The second kappa shape index (κ2) is 5.45. The van der Waals surface area contributed by atoms with E-state index in [0.29, 0.717) is 0 Å². The van der Waals surface area contributed by atoms with Gasteiger partial charge in [0.05, 0.1) is 18.5 Å². The highest BCUT2D eigenvalue weighted by molar-refractivity contribution is 5.52. The Morgan fingerprint density at radius 1 is 1.32 bits per heavy atom. The minimum Gasteiger partial charge on any atom is -0.496 e. The fraction of sp³-hybridized carbons (Fsp3) is 0.400. The molecule has 1 unspecified atom stereocenters. The molecular weight excluding hydrogens is 238 g/mol. The van der Waals surface area contributed by atoms with Gasteiger partial charge in [0.2, 0.25) is 0 Å². The average Bonchev–Trinajstić information content (AvgIpc) is 2.75. The van der Waals surface area contributed by atoms with Crippen molar-refractivity contribution in [2.45, 2.75) is 26.8 Å². The minimum atomic E-state index is 0.190. The Bertz CT molecular complexity index is 575. The second-order valence-electron chi connectivity index (χ2n) is 4.74. The fourth-order valence-corrected chi connectivity index (χ4v) is 2.35. The molecule has 1 heterocycles. The Morgan fingerprint density at radius 2 is 2.05 bits per heavy atom. The molecule has 0 bridgehead atoms. The van der Waals surface area contributed by atoms with Crippen LogP contribution in [-0.2, 0) is 0 Å². The van der Waals surface area contributed by atoms with Gasteiger partial charge in [-0.25, -0.2) is 4.68 Å². The molecule has 0 spiro atoms. The van der Waals surface area contributed by atoms with Crippen molar-refractivity contribution in [1.82, 2.24) is 15.1 Å². The van der Waals surface area contributed by atoms with Gasteiger partial charge in [0.15, 0.2) is 0 Å². The summed E-state index contributed by atoms with van der Waals surface area (Å²) in [6, 6.07) is 8.32. The first-order valence-electron chi connectivity index (χ1n) is 6.46. The van der Waals surface area contributed by atoms with Crippen LogP contribution in [0.1, 0.15) is 29.9 Å². The van der Waals surface area contributed by atoms with E-state index in [2.05, 4.69) is 36.4 Å². The minimum absolute atomic E-state index is 0.190. The monoisotopic (exact) mass is 259 g/mol. The molecule has 1 atom stereocenters. The van der Waals surface area contributed by atoms with Crippen molar-refractivity contribution < 1.29 is 4.74 Å². The number of hydrogen-bond acceptors (Lipinski definition) is 3. The lowest BCUT2D eigenvalue weighted by Gasteiger charge is -2.20. The molecule has 1 aromatic heterocycles. The molecule has 1 aromatic carbocycles. The Kier molecular flexibility index (Phi) is 3.90. The van der Waals surface area contributed by atoms with Gasteiger partial charge in [-0.05, 0) is 46.0 Å². The molecule has 4 heteroatoms. The van der Waals surface area contributed by atoms with Gasteiger partial charge in [-0.15, -0.1) is 0 Å². The summed E-state index contributed by atoms with van der Waals surface area (Å²) in [6.45, 7) is 6.19. The molecular formula is C15H21N3O. The summed E-state index contributed by atoms with van der Waals surface area (Å²) in [6.07, 6.45) is 0. The molecule has 0 saturated carbocycles. The highest BCUT2D eigenvalue weighted by Gasteiger charge is 2.17. The normalized spacial score (nSPS) is 12.5. The van der Waals surface area contributed by atoms with E-state index in [1.165, 1.54) is 0 Å². The number of nitrogens with one attached hydrogen (secondary N) is 1. The number of ether oxygens (including phenoxy) is 1. The van der Waals surface area contributed by atoms with Crippen LogP contribution in [0.15, 0.2) is 24.3 Å². The van der Waals surface area contributed by atoms with E-state index in [-0.39, 0.29) is 6.04 Å². The van der Waals surface area contributed by atoms with E-state index in [9.17, 15) is 0 Å². The van der Waals surface area contributed by atoms with Crippen LogP contribution in [0.3, 0.4) is 0 Å². The molecule has 0 fully saturated rings. The summed E-state index contributed by atoms with van der Waals surface area (Å²) in [5, 5.41) is 7.84. The lowest BCUT2D eigenvalue weighted by atomic mass is 10.0. The van der Waals surface area contributed by atoms with E-state index in [0.717, 1.165) is 28.4 Å². The number of nitrogens with zero attached hydrogens (tertiary/aromatic N) is 2. The third-order valence-electron chi connectivity index (χ3n) is 3.37. The molecule has 0 aliphatic rings. The Morgan fingerprint density at radius 3 is 2.58 bits per heavy atom. The average molecular weight is 259 g/mol. The lowest BCUT2D eigenvalue weighted by molar-refractivity contribution is 0.403. The number of aromatic nitrogens is 2. The van der Waals surface area contributed by atoms with Crippen molar-refractivity contribution in [2.24, 2.45) is 0 Å². The van der Waals surface area contributed by atoms with Gasteiger partial charge in [0.25, 0.3) is 0 Å². The van der Waals surface area contributed by atoms with Crippen molar-refractivity contribution in [3.63, 3.8) is 0 Å². The molecule has 102 valence electrons. The van der Waals surface area contributed by atoms with E-state index in [1.807, 2.05) is 30.8 Å². The predicted molar refractivity (Wildman–Crippen MR) is 77.1 cm³/mol. The predicted octanol–water partition coefficient (Wildman–Crippen LogP) is 2.78. The van der Waals surface area contributed by atoms with Gasteiger partial charge in [0.1, 0.15) is 5.75 Å². The fourth-order valence-electron chi connectivity index (χ4n) is 2.35. The van der Waals surface area contributed by atoms with Gasteiger partial charge < -0.3 is 10.1 Å². The van der Waals surface area contributed by atoms with Crippen LogP contribution in [0.4, 0.5) is 0 Å². The topological polar surface area (TPSA) is 39.1 Å². The highest BCUT2D eigenvalue weighted by Crippen LogP contribution is 2.31. The molecule has 0 aliphatic heterocycles. The van der Waals surface area contributed by atoms with Crippen molar-refractivity contribution in [3.8, 4) is 11.4 Å². The van der Waals surface area contributed by atoms with Crippen molar-refractivity contribution in [1.29, 1.82) is 0 Å². The van der Waals surface area contributed by atoms with E-state index in [4.69, 9.17) is 4.74 Å². The van der Waals surface area contributed by atoms with E-state index in [1.54, 1.807) is 7.11 Å². The molecule has 19 heavy (non-hydrogen) atoms. The maximum atomic E-state index is 5.50. The smallest absolute Gasteiger partial charge is 0.125 e. The maximum absolute atomic E-state index is 5.50. The van der Waals surface area contributed by atoms with Crippen LogP contribution in [0.5, 0.6) is 5.75 Å². The van der Waals surface area contributed by atoms with Gasteiger partial charge in [-0.2, -0.15) is 5.10 Å². The van der Waals surface area contributed by atoms with Crippen LogP contribution >= 0.6 is 0 Å². The number of rotatable bonds is 4. The van der Waals surface area contributed by atoms with Gasteiger partial charge >= 0.3 is 0 Å². The third kappa shape index (κ3) is 2.49. The van der Waals surface area contributed by atoms with Gasteiger partial charge in [-0.1, -0.05) is 6.07 Å².